The second-order valence-electron chi connectivity index (χ2n) is 7.63. The van der Waals surface area contributed by atoms with Gasteiger partial charge in [-0.25, -0.2) is 4.68 Å². The number of carbonyl (C=O) groups excluding carboxylic acids is 1. The van der Waals surface area contributed by atoms with Crippen LogP contribution in [-0.2, 0) is 4.79 Å². The molecule has 1 aromatic heterocycles. The topological polar surface area (TPSA) is 78.3 Å². The lowest BCUT2D eigenvalue weighted by molar-refractivity contribution is -0.116. The van der Waals surface area contributed by atoms with Crippen molar-refractivity contribution in [1.29, 1.82) is 0 Å². The van der Waals surface area contributed by atoms with Gasteiger partial charge in [-0.05, 0) is 61.7 Å². The molecule has 0 amide bonds. The molecule has 0 spiro atoms. The summed E-state index contributed by atoms with van der Waals surface area (Å²) in [6.07, 6.45) is 2.24. The van der Waals surface area contributed by atoms with Crippen molar-refractivity contribution in [3.63, 3.8) is 0 Å². The van der Waals surface area contributed by atoms with E-state index in [1.54, 1.807) is 7.11 Å². The number of hydrogen-bond acceptors (Lipinski definition) is 6. The zero-order chi connectivity index (χ0) is 21.4. The number of fused-ring (bicyclic) bond motifs is 1. The first-order chi connectivity index (χ1) is 15.2. The van der Waals surface area contributed by atoms with Gasteiger partial charge in [0, 0.05) is 23.3 Å². The second-order valence-corrected chi connectivity index (χ2v) is 7.63. The number of nitrogens with zero attached hydrogens (tertiary/aromatic N) is 3. The van der Waals surface area contributed by atoms with Crippen LogP contribution in [0.3, 0.4) is 0 Å². The number of allylic oxidation sites excluding steroid dienone is 2. The van der Waals surface area contributed by atoms with Gasteiger partial charge in [0.1, 0.15) is 17.5 Å². The lowest BCUT2D eigenvalue weighted by atomic mass is 9.85. The number of nitrogens with one attached hydrogen (secondary N) is 1. The fraction of sp³-hybridized carbons (Fsp3) is 0.292. The molecule has 0 saturated carbocycles. The molecule has 31 heavy (non-hydrogen) atoms. The summed E-state index contributed by atoms with van der Waals surface area (Å²) in [5, 5.41) is 8.18. The van der Waals surface area contributed by atoms with E-state index in [4.69, 9.17) is 19.6 Å². The highest BCUT2D eigenvalue weighted by Gasteiger charge is 2.36. The van der Waals surface area contributed by atoms with Gasteiger partial charge >= 0.3 is 0 Å². The third-order valence-corrected chi connectivity index (χ3v) is 5.72. The molecule has 2 aromatic carbocycles. The molecule has 2 aliphatic rings. The number of rotatable bonds is 5. The highest BCUT2D eigenvalue weighted by atomic mass is 16.5. The van der Waals surface area contributed by atoms with E-state index in [0.717, 1.165) is 46.7 Å². The predicted octanol–water partition coefficient (Wildman–Crippen LogP) is 4.37. The number of methoxy groups -OCH3 is 1. The van der Waals surface area contributed by atoms with E-state index in [0.29, 0.717) is 24.8 Å². The maximum absolute atomic E-state index is 12.9. The van der Waals surface area contributed by atoms with Gasteiger partial charge in [-0.3, -0.25) is 4.79 Å². The number of benzene rings is 2. The van der Waals surface area contributed by atoms with Crippen LogP contribution in [-0.4, -0.2) is 34.3 Å². The van der Waals surface area contributed by atoms with Gasteiger partial charge in [0.05, 0.1) is 13.7 Å². The van der Waals surface area contributed by atoms with Gasteiger partial charge in [-0.1, -0.05) is 12.1 Å². The molecule has 1 atom stereocenters. The molecule has 0 saturated heterocycles. The average molecular weight is 416 g/mol. The Morgan fingerprint density at radius 1 is 1.06 bits per heavy atom. The molecule has 0 bridgehead atoms. The van der Waals surface area contributed by atoms with Crippen LogP contribution >= 0.6 is 0 Å². The molecule has 7 heteroatoms. The summed E-state index contributed by atoms with van der Waals surface area (Å²) in [5.74, 6) is 3.01. The highest BCUT2D eigenvalue weighted by Crippen LogP contribution is 2.41. The molecule has 5 rings (SSSR count). The molecule has 2 heterocycles. The van der Waals surface area contributed by atoms with Crippen LogP contribution in [0.2, 0.25) is 0 Å². The number of Topliss-reactive ketones (excluding diaryl/α,β-unsaturated/α-hetero) is 1. The van der Waals surface area contributed by atoms with Crippen molar-refractivity contribution in [2.24, 2.45) is 0 Å². The van der Waals surface area contributed by atoms with Crippen molar-refractivity contribution in [2.45, 2.75) is 32.2 Å². The number of aromatic nitrogens is 3. The maximum atomic E-state index is 12.9. The van der Waals surface area contributed by atoms with E-state index < -0.39 is 0 Å². The summed E-state index contributed by atoms with van der Waals surface area (Å²) < 4.78 is 12.7. The summed E-state index contributed by atoms with van der Waals surface area (Å²) >= 11 is 0. The first kappa shape index (κ1) is 19.4. The van der Waals surface area contributed by atoms with Crippen molar-refractivity contribution < 1.29 is 14.3 Å². The van der Waals surface area contributed by atoms with Crippen molar-refractivity contribution >= 4 is 11.7 Å². The van der Waals surface area contributed by atoms with Gasteiger partial charge < -0.3 is 14.8 Å². The SMILES string of the molecule is CCOc1ccc([C@@H]2C3=C(CCCC3=O)Nc3nc(-c4ccc(OC)cc4)nn32)cc1. The molecule has 7 nitrogen and oxygen atoms in total. The fourth-order valence-corrected chi connectivity index (χ4v) is 4.24. The van der Waals surface area contributed by atoms with Crippen molar-refractivity contribution in [2.75, 3.05) is 19.0 Å². The third-order valence-electron chi connectivity index (χ3n) is 5.72. The summed E-state index contributed by atoms with van der Waals surface area (Å²) in [7, 11) is 1.64. The Morgan fingerprint density at radius 2 is 1.81 bits per heavy atom. The molecule has 0 fully saturated rings. The Hall–Kier alpha value is -3.61. The Balaban J connectivity index is 1.59. The minimum Gasteiger partial charge on any atom is -0.497 e. The van der Waals surface area contributed by atoms with E-state index in [1.165, 1.54) is 0 Å². The Bertz CT molecular complexity index is 1150. The summed E-state index contributed by atoms with van der Waals surface area (Å²) in [4.78, 5) is 17.7. The molecule has 158 valence electrons. The van der Waals surface area contributed by atoms with Gasteiger partial charge in [0.25, 0.3) is 0 Å². The minimum atomic E-state index is -0.311. The van der Waals surface area contributed by atoms with Gasteiger partial charge in [0.15, 0.2) is 11.6 Å². The fourth-order valence-electron chi connectivity index (χ4n) is 4.24. The lowest BCUT2D eigenvalue weighted by Crippen LogP contribution is -2.31. The normalized spacial score (nSPS) is 17.6. The molecule has 0 unspecified atom stereocenters. The molecule has 0 radical (unpaired) electrons. The van der Waals surface area contributed by atoms with Crippen LogP contribution in [0, 0.1) is 0 Å². The number of anilines is 1. The monoisotopic (exact) mass is 416 g/mol. The lowest BCUT2D eigenvalue weighted by Gasteiger charge is -2.32. The first-order valence-electron chi connectivity index (χ1n) is 10.5. The minimum absolute atomic E-state index is 0.166. The Kier molecular flexibility index (Phi) is 4.94. The van der Waals surface area contributed by atoms with Crippen molar-refractivity contribution in [3.8, 4) is 22.9 Å². The first-order valence-corrected chi connectivity index (χ1v) is 10.5. The quantitative estimate of drug-likeness (QED) is 0.665. The van der Waals surface area contributed by atoms with E-state index in [1.807, 2.05) is 60.1 Å². The summed E-state index contributed by atoms with van der Waals surface area (Å²) in [6.45, 7) is 2.57. The van der Waals surface area contributed by atoms with Crippen LogP contribution < -0.4 is 14.8 Å². The predicted molar refractivity (Wildman–Crippen MR) is 117 cm³/mol. The van der Waals surface area contributed by atoms with Crippen LogP contribution in [0.4, 0.5) is 5.95 Å². The zero-order valence-electron chi connectivity index (χ0n) is 17.6. The molecule has 1 N–H and O–H groups in total. The van der Waals surface area contributed by atoms with Crippen LogP contribution in [0.5, 0.6) is 11.5 Å². The summed E-state index contributed by atoms with van der Waals surface area (Å²) in [5.41, 5.74) is 3.62. The molecular formula is C24H24N4O3. The van der Waals surface area contributed by atoms with Crippen LogP contribution in [0.15, 0.2) is 59.8 Å². The van der Waals surface area contributed by atoms with Gasteiger partial charge in [-0.2, -0.15) is 4.98 Å². The Labute approximate surface area is 180 Å². The number of carbonyl (C=O) groups is 1. The second kappa shape index (κ2) is 7.91. The third kappa shape index (κ3) is 3.46. The van der Waals surface area contributed by atoms with E-state index in [2.05, 4.69) is 5.32 Å². The van der Waals surface area contributed by atoms with E-state index >= 15 is 0 Å². The van der Waals surface area contributed by atoms with Gasteiger partial charge in [0.2, 0.25) is 5.95 Å². The molecule has 3 aromatic rings. The van der Waals surface area contributed by atoms with E-state index in [-0.39, 0.29) is 11.8 Å². The zero-order valence-corrected chi connectivity index (χ0v) is 17.6. The average Bonchev–Trinajstić information content (AvgIpc) is 3.22. The van der Waals surface area contributed by atoms with Crippen molar-refractivity contribution in [3.05, 3.63) is 65.4 Å². The molecular weight excluding hydrogens is 392 g/mol. The molecule has 1 aliphatic carbocycles. The Morgan fingerprint density at radius 3 is 2.52 bits per heavy atom. The standard InChI is InChI=1S/C24H24N4O3/c1-3-31-18-13-7-15(8-14-18)22-21-19(5-4-6-20(21)29)25-24-26-23(27-28(22)24)16-9-11-17(30-2)12-10-16/h7-14,22H,3-6H2,1-2H3,(H,25,26,27)/t22-/m1/s1. The largest absolute Gasteiger partial charge is 0.497 e. The number of hydrogen-bond donors (Lipinski definition) is 1. The summed E-state index contributed by atoms with van der Waals surface area (Å²) in [6, 6.07) is 15.2. The van der Waals surface area contributed by atoms with Crippen LogP contribution in [0.1, 0.15) is 37.8 Å². The molecule has 1 aliphatic heterocycles. The maximum Gasteiger partial charge on any atom is 0.226 e. The van der Waals surface area contributed by atoms with E-state index in [9.17, 15) is 4.79 Å². The van der Waals surface area contributed by atoms with Crippen LogP contribution in [0.25, 0.3) is 11.4 Å². The van der Waals surface area contributed by atoms with Crippen molar-refractivity contribution in [1.82, 2.24) is 14.8 Å². The number of ether oxygens (including phenoxy) is 2. The highest BCUT2D eigenvalue weighted by molar-refractivity contribution is 5.99. The smallest absolute Gasteiger partial charge is 0.226 e. The van der Waals surface area contributed by atoms with Gasteiger partial charge in [-0.15, -0.1) is 5.10 Å². The number of ketones is 1.